The van der Waals surface area contributed by atoms with Crippen molar-refractivity contribution < 1.29 is 14.8 Å². The molecular weight excluding hydrogens is 292 g/mol. The molecule has 21 heavy (non-hydrogen) atoms. The fourth-order valence-corrected chi connectivity index (χ4v) is 2.78. The Labute approximate surface area is 125 Å². The van der Waals surface area contributed by atoms with E-state index in [4.69, 9.17) is 0 Å². The van der Waals surface area contributed by atoms with Gasteiger partial charge in [0.15, 0.2) is 0 Å². The second kappa shape index (κ2) is 6.36. The van der Waals surface area contributed by atoms with Gasteiger partial charge in [0.05, 0.1) is 4.92 Å². The number of amides is 1. The van der Waals surface area contributed by atoms with Crippen molar-refractivity contribution in [3.05, 3.63) is 56.3 Å². The molecule has 1 aromatic carbocycles. The minimum Gasteiger partial charge on any atom is -0.508 e. The molecule has 2 N–H and O–H groups in total. The number of hydrogen-bond donors (Lipinski definition) is 2. The molecule has 0 radical (unpaired) electrons. The molecule has 0 spiro atoms. The summed E-state index contributed by atoms with van der Waals surface area (Å²) in [4.78, 5) is 23.5. The number of nitrogens with one attached hydrogen (secondary N) is 1. The lowest BCUT2D eigenvalue weighted by Crippen LogP contribution is -2.34. The van der Waals surface area contributed by atoms with Gasteiger partial charge in [0, 0.05) is 23.4 Å². The Hall–Kier alpha value is -2.41. The molecule has 0 fully saturated rings. The number of nitro groups is 1. The quantitative estimate of drug-likeness (QED) is 0.656. The van der Waals surface area contributed by atoms with Crippen LogP contribution in [-0.4, -0.2) is 22.0 Å². The molecular formula is C14H14N2O4S. The number of hydrogen-bond acceptors (Lipinski definition) is 5. The third kappa shape index (κ3) is 3.79. The van der Waals surface area contributed by atoms with Gasteiger partial charge < -0.3 is 10.4 Å². The Morgan fingerprint density at radius 3 is 2.86 bits per heavy atom. The molecule has 0 aliphatic carbocycles. The van der Waals surface area contributed by atoms with Gasteiger partial charge in [-0.15, -0.1) is 11.3 Å². The topological polar surface area (TPSA) is 92.5 Å². The molecule has 0 bridgehead atoms. The predicted molar refractivity (Wildman–Crippen MR) is 79.7 cm³/mol. The van der Waals surface area contributed by atoms with Gasteiger partial charge in [0.1, 0.15) is 11.3 Å². The maximum Gasteiger partial charge on any atom is 0.282 e. The summed E-state index contributed by atoms with van der Waals surface area (Å²) in [6.45, 7) is 1.83. The first-order valence-corrected chi connectivity index (χ1v) is 7.16. The number of rotatable bonds is 5. The molecule has 1 aromatic heterocycles. The molecule has 110 valence electrons. The maximum absolute atomic E-state index is 12.1. The first-order chi connectivity index (χ1) is 9.97. The van der Waals surface area contributed by atoms with Crippen LogP contribution in [0, 0.1) is 10.1 Å². The van der Waals surface area contributed by atoms with Crippen LogP contribution in [0.2, 0.25) is 0 Å². The largest absolute Gasteiger partial charge is 0.508 e. The second-order valence-corrected chi connectivity index (χ2v) is 5.65. The Morgan fingerprint density at radius 1 is 1.48 bits per heavy atom. The van der Waals surface area contributed by atoms with E-state index in [1.807, 2.05) is 24.4 Å². The standard InChI is InChI=1S/C14H14N2O4S/c1-9(7-11-3-2-6-21-11)15-14(18)12-8-10(17)4-5-13(12)16(19)20/h2-6,8-9,17H,7H2,1H3,(H,15,18). The summed E-state index contributed by atoms with van der Waals surface area (Å²) in [6.07, 6.45) is 0.649. The Bertz CT molecular complexity index is 655. The van der Waals surface area contributed by atoms with Crippen molar-refractivity contribution in [1.29, 1.82) is 0 Å². The predicted octanol–water partition coefficient (Wildman–Crippen LogP) is 2.72. The van der Waals surface area contributed by atoms with Crippen LogP contribution in [0.3, 0.4) is 0 Å². The first-order valence-electron chi connectivity index (χ1n) is 6.28. The van der Waals surface area contributed by atoms with Gasteiger partial charge in [-0.3, -0.25) is 14.9 Å². The highest BCUT2D eigenvalue weighted by Crippen LogP contribution is 2.23. The summed E-state index contributed by atoms with van der Waals surface area (Å²) in [5, 5.41) is 25.0. The van der Waals surface area contributed by atoms with Gasteiger partial charge in [-0.1, -0.05) is 6.07 Å². The zero-order chi connectivity index (χ0) is 15.4. The number of carbonyl (C=O) groups is 1. The van der Waals surface area contributed by atoms with Crippen LogP contribution in [-0.2, 0) is 6.42 Å². The molecule has 0 saturated heterocycles. The van der Waals surface area contributed by atoms with E-state index in [0.717, 1.165) is 17.0 Å². The van der Waals surface area contributed by atoms with Gasteiger partial charge >= 0.3 is 0 Å². The number of aromatic hydroxyl groups is 1. The zero-order valence-electron chi connectivity index (χ0n) is 11.3. The number of carbonyl (C=O) groups excluding carboxylic acids is 1. The third-order valence-corrected chi connectivity index (χ3v) is 3.79. The van der Waals surface area contributed by atoms with Crippen molar-refractivity contribution in [2.24, 2.45) is 0 Å². The number of phenolic OH excluding ortho intramolecular Hbond substituents is 1. The van der Waals surface area contributed by atoms with Gasteiger partial charge in [-0.2, -0.15) is 0 Å². The molecule has 1 heterocycles. The van der Waals surface area contributed by atoms with Crippen LogP contribution in [0.25, 0.3) is 0 Å². The Balaban J connectivity index is 2.12. The average molecular weight is 306 g/mol. The lowest BCUT2D eigenvalue weighted by Gasteiger charge is -2.13. The molecule has 0 aliphatic rings. The van der Waals surface area contributed by atoms with E-state index >= 15 is 0 Å². The highest BCUT2D eigenvalue weighted by molar-refractivity contribution is 7.09. The number of nitrogens with zero attached hydrogens (tertiary/aromatic N) is 1. The normalized spacial score (nSPS) is 11.9. The minimum absolute atomic E-state index is 0.141. The van der Waals surface area contributed by atoms with Crippen molar-refractivity contribution in [3.8, 4) is 5.75 Å². The molecule has 1 unspecified atom stereocenters. The summed E-state index contributed by atoms with van der Waals surface area (Å²) in [5.74, 6) is -0.752. The van der Waals surface area contributed by atoms with Crippen LogP contribution in [0.4, 0.5) is 5.69 Å². The molecule has 0 aliphatic heterocycles. The SMILES string of the molecule is CC(Cc1cccs1)NC(=O)c1cc(O)ccc1[N+](=O)[O-]. The molecule has 2 aromatic rings. The van der Waals surface area contributed by atoms with Crippen molar-refractivity contribution >= 4 is 22.9 Å². The molecule has 7 heteroatoms. The van der Waals surface area contributed by atoms with Gasteiger partial charge in [-0.05, 0) is 30.5 Å². The van der Waals surface area contributed by atoms with Crippen LogP contribution in [0.15, 0.2) is 35.7 Å². The van der Waals surface area contributed by atoms with E-state index in [1.165, 1.54) is 6.07 Å². The number of phenols is 1. The second-order valence-electron chi connectivity index (χ2n) is 4.62. The molecule has 1 atom stereocenters. The van der Waals surface area contributed by atoms with Gasteiger partial charge in [0.25, 0.3) is 11.6 Å². The van der Waals surface area contributed by atoms with E-state index in [-0.39, 0.29) is 23.0 Å². The van der Waals surface area contributed by atoms with E-state index < -0.39 is 10.8 Å². The molecule has 0 saturated carbocycles. The monoisotopic (exact) mass is 306 g/mol. The number of benzene rings is 1. The van der Waals surface area contributed by atoms with Crippen LogP contribution >= 0.6 is 11.3 Å². The first kappa shape index (κ1) is 15.0. The lowest BCUT2D eigenvalue weighted by molar-refractivity contribution is -0.385. The summed E-state index contributed by atoms with van der Waals surface area (Å²) in [7, 11) is 0. The zero-order valence-corrected chi connectivity index (χ0v) is 12.1. The summed E-state index contributed by atoms with van der Waals surface area (Å²) >= 11 is 1.59. The summed E-state index contributed by atoms with van der Waals surface area (Å²) in [6, 6.07) is 7.13. The van der Waals surface area contributed by atoms with Crippen molar-refractivity contribution in [1.82, 2.24) is 5.32 Å². The van der Waals surface area contributed by atoms with E-state index in [2.05, 4.69) is 5.32 Å². The minimum atomic E-state index is -0.641. The van der Waals surface area contributed by atoms with Gasteiger partial charge in [0.2, 0.25) is 0 Å². The molecule has 1 amide bonds. The molecule has 2 rings (SSSR count). The average Bonchev–Trinajstić information content (AvgIpc) is 2.90. The van der Waals surface area contributed by atoms with E-state index in [9.17, 15) is 20.0 Å². The summed E-state index contributed by atoms with van der Waals surface area (Å²) in [5.41, 5.74) is -0.466. The highest BCUT2D eigenvalue weighted by atomic mass is 32.1. The Morgan fingerprint density at radius 2 is 2.24 bits per heavy atom. The van der Waals surface area contributed by atoms with Crippen LogP contribution < -0.4 is 5.32 Å². The molecule has 6 nitrogen and oxygen atoms in total. The van der Waals surface area contributed by atoms with E-state index in [1.54, 1.807) is 11.3 Å². The maximum atomic E-state index is 12.1. The van der Waals surface area contributed by atoms with Crippen LogP contribution in [0.1, 0.15) is 22.2 Å². The van der Waals surface area contributed by atoms with E-state index in [0.29, 0.717) is 6.42 Å². The van der Waals surface area contributed by atoms with Crippen LogP contribution in [0.5, 0.6) is 5.75 Å². The number of thiophene rings is 1. The fraction of sp³-hybridized carbons (Fsp3) is 0.214. The smallest absolute Gasteiger partial charge is 0.282 e. The number of nitro benzene ring substituents is 1. The van der Waals surface area contributed by atoms with Gasteiger partial charge in [-0.25, -0.2) is 0 Å². The highest BCUT2D eigenvalue weighted by Gasteiger charge is 2.22. The van der Waals surface area contributed by atoms with Crippen molar-refractivity contribution in [2.75, 3.05) is 0 Å². The third-order valence-electron chi connectivity index (χ3n) is 2.89. The summed E-state index contributed by atoms with van der Waals surface area (Å²) < 4.78 is 0. The lowest BCUT2D eigenvalue weighted by atomic mass is 10.1. The fourth-order valence-electron chi connectivity index (χ4n) is 1.95. The van der Waals surface area contributed by atoms with Crippen molar-refractivity contribution in [3.63, 3.8) is 0 Å². The Kier molecular flexibility index (Phi) is 4.54. The van der Waals surface area contributed by atoms with Crippen molar-refractivity contribution in [2.45, 2.75) is 19.4 Å².